The van der Waals surface area contributed by atoms with Gasteiger partial charge in [0.2, 0.25) is 0 Å². The van der Waals surface area contributed by atoms with E-state index < -0.39 is 0 Å². The Kier molecular flexibility index (Phi) is 3.52. The first-order valence-electron chi connectivity index (χ1n) is 5.89. The van der Waals surface area contributed by atoms with Gasteiger partial charge in [0, 0.05) is 18.9 Å². The van der Waals surface area contributed by atoms with Crippen LogP contribution in [0, 0.1) is 6.92 Å². The second kappa shape index (κ2) is 4.92. The molecule has 0 aliphatic rings. The second-order valence-corrected chi connectivity index (χ2v) is 4.36. The van der Waals surface area contributed by atoms with Crippen molar-refractivity contribution in [1.29, 1.82) is 0 Å². The third-order valence-electron chi connectivity index (χ3n) is 2.94. The maximum absolute atomic E-state index is 6.36. The fraction of sp³-hybridized carbons (Fsp3) is 0.500. The molecule has 2 aromatic rings. The predicted octanol–water partition coefficient (Wildman–Crippen LogP) is 2.67. The van der Waals surface area contributed by atoms with Crippen LogP contribution in [0.2, 0.25) is 5.02 Å². The first-order valence-corrected chi connectivity index (χ1v) is 6.26. The Morgan fingerprint density at radius 2 is 2.12 bits per heavy atom. The van der Waals surface area contributed by atoms with Crippen molar-refractivity contribution < 1.29 is 0 Å². The van der Waals surface area contributed by atoms with E-state index in [1.54, 1.807) is 6.20 Å². The summed E-state index contributed by atoms with van der Waals surface area (Å²) in [7, 11) is 0. The summed E-state index contributed by atoms with van der Waals surface area (Å²) in [5.74, 6) is 0.989. The Morgan fingerprint density at radius 1 is 1.35 bits per heavy atom. The number of rotatable bonds is 4. The summed E-state index contributed by atoms with van der Waals surface area (Å²) in [6, 6.07) is 0. The second-order valence-electron chi connectivity index (χ2n) is 3.98. The Balaban J connectivity index is 2.38. The van der Waals surface area contributed by atoms with Crippen LogP contribution in [0.3, 0.4) is 0 Å². The maximum atomic E-state index is 6.36. The van der Waals surface area contributed by atoms with Crippen molar-refractivity contribution >= 4 is 11.6 Å². The van der Waals surface area contributed by atoms with Gasteiger partial charge in [0.1, 0.15) is 5.82 Å². The molecule has 0 spiro atoms. The summed E-state index contributed by atoms with van der Waals surface area (Å²) in [6.07, 6.45) is 4.63. The maximum Gasteiger partial charge on any atom is 0.105 e. The van der Waals surface area contributed by atoms with Crippen LogP contribution >= 0.6 is 11.6 Å². The van der Waals surface area contributed by atoms with Crippen molar-refractivity contribution in [1.82, 2.24) is 19.3 Å². The number of hydrogen-bond donors (Lipinski definition) is 0. The zero-order valence-electron chi connectivity index (χ0n) is 10.4. The molecule has 2 heterocycles. The van der Waals surface area contributed by atoms with E-state index in [4.69, 9.17) is 11.6 Å². The van der Waals surface area contributed by atoms with Gasteiger partial charge in [-0.05, 0) is 20.3 Å². The van der Waals surface area contributed by atoms with E-state index in [1.165, 1.54) is 0 Å². The lowest BCUT2D eigenvalue weighted by Gasteiger charge is -2.07. The highest BCUT2D eigenvalue weighted by Gasteiger charge is 2.14. The third-order valence-corrected chi connectivity index (χ3v) is 3.37. The van der Waals surface area contributed by atoms with E-state index in [2.05, 4.69) is 28.5 Å². The van der Waals surface area contributed by atoms with Crippen molar-refractivity contribution in [3.05, 3.63) is 34.6 Å². The standard InChI is InChI=1S/C12H17ClN4/c1-4-10-12(13)11(17(5-2)15-10)8-16-7-6-14-9(16)3/h6-7H,4-5,8H2,1-3H3. The molecule has 4 nitrogen and oxygen atoms in total. The first-order chi connectivity index (χ1) is 8.17. The van der Waals surface area contributed by atoms with Crippen LogP contribution in [-0.4, -0.2) is 19.3 Å². The molecular formula is C12H17ClN4. The zero-order valence-corrected chi connectivity index (χ0v) is 11.2. The van der Waals surface area contributed by atoms with Gasteiger partial charge in [-0.15, -0.1) is 0 Å². The molecule has 0 atom stereocenters. The van der Waals surface area contributed by atoms with Gasteiger partial charge in [-0.1, -0.05) is 18.5 Å². The molecule has 0 radical (unpaired) electrons. The summed E-state index contributed by atoms with van der Waals surface area (Å²) >= 11 is 6.36. The average molecular weight is 253 g/mol. The summed E-state index contributed by atoms with van der Waals surface area (Å²) in [5, 5.41) is 5.30. The average Bonchev–Trinajstić information content (AvgIpc) is 2.86. The number of aromatic nitrogens is 4. The molecule has 0 N–H and O–H groups in total. The Morgan fingerprint density at radius 3 is 2.65 bits per heavy atom. The van der Waals surface area contributed by atoms with E-state index in [1.807, 2.05) is 17.8 Å². The molecule has 17 heavy (non-hydrogen) atoms. The molecule has 0 aromatic carbocycles. The number of halogens is 1. The van der Waals surface area contributed by atoms with Gasteiger partial charge in [0.15, 0.2) is 0 Å². The summed E-state index contributed by atoms with van der Waals surface area (Å²) in [5.41, 5.74) is 2.04. The topological polar surface area (TPSA) is 35.6 Å². The van der Waals surface area contributed by atoms with E-state index >= 15 is 0 Å². The molecule has 92 valence electrons. The Bertz CT molecular complexity index is 513. The van der Waals surface area contributed by atoms with Crippen LogP contribution in [0.15, 0.2) is 12.4 Å². The van der Waals surface area contributed by atoms with Crippen LogP contribution in [0.5, 0.6) is 0 Å². The smallest absolute Gasteiger partial charge is 0.105 e. The van der Waals surface area contributed by atoms with Gasteiger partial charge >= 0.3 is 0 Å². The highest BCUT2D eigenvalue weighted by Crippen LogP contribution is 2.22. The van der Waals surface area contributed by atoms with E-state index in [9.17, 15) is 0 Å². The van der Waals surface area contributed by atoms with Gasteiger partial charge in [-0.2, -0.15) is 5.10 Å². The van der Waals surface area contributed by atoms with E-state index in [0.29, 0.717) is 0 Å². The minimum Gasteiger partial charge on any atom is -0.329 e. The zero-order chi connectivity index (χ0) is 12.4. The molecule has 0 amide bonds. The number of nitrogens with zero attached hydrogens (tertiary/aromatic N) is 4. The van der Waals surface area contributed by atoms with Crippen molar-refractivity contribution in [3.63, 3.8) is 0 Å². The summed E-state index contributed by atoms with van der Waals surface area (Å²) < 4.78 is 4.05. The predicted molar refractivity (Wildman–Crippen MR) is 68.4 cm³/mol. The minimum atomic E-state index is 0.728. The monoisotopic (exact) mass is 252 g/mol. The molecule has 0 aliphatic heterocycles. The molecule has 2 aromatic heterocycles. The highest BCUT2D eigenvalue weighted by molar-refractivity contribution is 6.31. The molecule has 0 fully saturated rings. The number of imidazole rings is 1. The van der Waals surface area contributed by atoms with Gasteiger partial charge in [0.05, 0.1) is 23.0 Å². The fourth-order valence-corrected chi connectivity index (χ4v) is 2.23. The third kappa shape index (κ3) is 2.22. The normalized spacial score (nSPS) is 11.1. The first kappa shape index (κ1) is 12.2. The van der Waals surface area contributed by atoms with Crippen LogP contribution in [-0.2, 0) is 19.5 Å². The van der Waals surface area contributed by atoms with Gasteiger partial charge < -0.3 is 4.57 Å². The molecule has 0 unspecified atom stereocenters. The van der Waals surface area contributed by atoms with Crippen LogP contribution in [0.4, 0.5) is 0 Å². The molecule has 5 heteroatoms. The van der Waals surface area contributed by atoms with Crippen molar-refractivity contribution in [2.75, 3.05) is 0 Å². The molecule has 0 bridgehead atoms. The van der Waals surface area contributed by atoms with Crippen LogP contribution in [0.1, 0.15) is 31.1 Å². The lowest BCUT2D eigenvalue weighted by Crippen LogP contribution is -2.08. The quantitative estimate of drug-likeness (QED) is 0.839. The van der Waals surface area contributed by atoms with Crippen molar-refractivity contribution in [2.45, 2.75) is 40.3 Å². The molecule has 0 saturated carbocycles. The lowest BCUT2D eigenvalue weighted by atomic mass is 10.3. The SMILES string of the molecule is CCc1nn(CC)c(Cn2ccnc2C)c1Cl. The molecule has 2 rings (SSSR count). The Labute approximate surface area is 106 Å². The van der Waals surface area contributed by atoms with Gasteiger partial charge in [-0.3, -0.25) is 4.68 Å². The van der Waals surface area contributed by atoms with Crippen molar-refractivity contribution in [3.8, 4) is 0 Å². The van der Waals surface area contributed by atoms with E-state index in [-0.39, 0.29) is 0 Å². The van der Waals surface area contributed by atoms with E-state index in [0.717, 1.165) is 41.7 Å². The lowest BCUT2D eigenvalue weighted by molar-refractivity contribution is 0.590. The largest absolute Gasteiger partial charge is 0.329 e. The summed E-state index contributed by atoms with van der Waals surface area (Å²) in [6.45, 7) is 7.70. The minimum absolute atomic E-state index is 0.728. The number of aryl methyl sites for hydroxylation is 3. The van der Waals surface area contributed by atoms with Gasteiger partial charge in [0.25, 0.3) is 0 Å². The fourth-order valence-electron chi connectivity index (χ4n) is 1.90. The molecular weight excluding hydrogens is 236 g/mol. The molecule has 0 aliphatic carbocycles. The Hall–Kier alpha value is -1.29. The molecule has 0 saturated heterocycles. The van der Waals surface area contributed by atoms with Crippen LogP contribution in [0.25, 0.3) is 0 Å². The van der Waals surface area contributed by atoms with Gasteiger partial charge in [-0.25, -0.2) is 4.98 Å². The van der Waals surface area contributed by atoms with Crippen molar-refractivity contribution in [2.24, 2.45) is 0 Å². The number of hydrogen-bond acceptors (Lipinski definition) is 2. The highest BCUT2D eigenvalue weighted by atomic mass is 35.5. The van der Waals surface area contributed by atoms with Crippen LogP contribution < -0.4 is 0 Å². The summed E-state index contributed by atoms with van der Waals surface area (Å²) in [4.78, 5) is 4.22.